The molecule has 0 aromatic carbocycles. The molecule has 4 nitrogen and oxygen atoms in total. The minimum atomic E-state index is -0.371. The van der Waals surface area contributed by atoms with Crippen molar-refractivity contribution in [1.29, 1.82) is 0 Å². The summed E-state index contributed by atoms with van der Waals surface area (Å²) in [6, 6.07) is 0. The Kier molecular flexibility index (Phi) is 2.04. The average Bonchev–Trinajstić information content (AvgIpc) is 2.31. The lowest BCUT2D eigenvalue weighted by Crippen LogP contribution is -1.98. The van der Waals surface area contributed by atoms with Gasteiger partial charge in [0.25, 0.3) is 6.47 Å². The molecule has 1 rings (SSSR count). The Morgan fingerprint density at radius 3 is 3.10 bits per heavy atom. The van der Waals surface area contributed by atoms with Crippen molar-refractivity contribution in [2.45, 2.75) is 0 Å². The van der Waals surface area contributed by atoms with Gasteiger partial charge in [-0.15, -0.1) is 0 Å². The molecule has 0 spiro atoms. The largest absolute Gasteiger partial charge is 0.463 e. The second kappa shape index (κ2) is 3.00. The smallest absolute Gasteiger partial charge is 0.331 e. The zero-order valence-electron chi connectivity index (χ0n) is 5.20. The van der Waals surface area contributed by atoms with Crippen molar-refractivity contribution in [3.8, 4) is 0 Å². The molecule has 0 atom stereocenters. The van der Waals surface area contributed by atoms with Gasteiger partial charge in [0.2, 0.25) is 0 Å². The standard InChI is InChI=1S/C6H6O4/c7-4-9-2-5-1-6(8)10-3-5/h1,4H,2-3H2. The van der Waals surface area contributed by atoms with E-state index in [1.165, 1.54) is 6.08 Å². The number of carbonyl (C=O) groups excluding carboxylic acids is 2. The van der Waals surface area contributed by atoms with Gasteiger partial charge in [-0.1, -0.05) is 0 Å². The summed E-state index contributed by atoms with van der Waals surface area (Å²) in [6.45, 7) is 0.728. The van der Waals surface area contributed by atoms with Crippen LogP contribution in [0.15, 0.2) is 11.6 Å². The van der Waals surface area contributed by atoms with Crippen LogP contribution in [0, 0.1) is 0 Å². The summed E-state index contributed by atoms with van der Waals surface area (Å²) in [4.78, 5) is 20.0. The summed E-state index contributed by atoms with van der Waals surface area (Å²) >= 11 is 0. The minimum Gasteiger partial charge on any atom is -0.463 e. The lowest BCUT2D eigenvalue weighted by molar-refractivity contribution is -0.134. The first kappa shape index (κ1) is 6.80. The topological polar surface area (TPSA) is 52.6 Å². The zero-order chi connectivity index (χ0) is 7.40. The van der Waals surface area contributed by atoms with Crippen LogP contribution >= 0.6 is 0 Å². The number of carbonyl (C=O) groups is 2. The first-order valence-corrected chi connectivity index (χ1v) is 2.74. The summed E-state index contributed by atoms with van der Waals surface area (Å²) in [5.74, 6) is -0.371. The second-order valence-electron chi connectivity index (χ2n) is 1.82. The third kappa shape index (κ3) is 1.58. The Morgan fingerprint density at radius 2 is 2.60 bits per heavy atom. The van der Waals surface area contributed by atoms with Gasteiger partial charge in [-0.3, -0.25) is 4.79 Å². The van der Waals surface area contributed by atoms with E-state index < -0.39 is 0 Å². The molecule has 0 N–H and O–H groups in total. The molecule has 1 heterocycles. The van der Waals surface area contributed by atoms with Crippen LogP contribution in [0.25, 0.3) is 0 Å². The van der Waals surface area contributed by atoms with E-state index in [0.717, 1.165) is 0 Å². The quantitative estimate of drug-likeness (QED) is 0.399. The molecule has 0 aromatic rings. The maximum Gasteiger partial charge on any atom is 0.331 e. The second-order valence-corrected chi connectivity index (χ2v) is 1.82. The molecule has 0 aromatic heterocycles. The fourth-order valence-electron chi connectivity index (χ4n) is 0.638. The normalized spacial score (nSPS) is 16.0. The highest BCUT2D eigenvalue weighted by Crippen LogP contribution is 2.04. The van der Waals surface area contributed by atoms with Crippen LogP contribution in [0.1, 0.15) is 0 Å². The van der Waals surface area contributed by atoms with Crippen molar-refractivity contribution in [1.82, 2.24) is 0 Å². The van der Waals surface area contributed by atoms with Gasteiger partial charge < -0.3 is 9.47 Å². The molecule has 1 aliphatic heterocycles. The Morgan fingerprint density at radius 1 is 1.80 bits per heavy atom. The lowest BCUT2D eigenvalue weighted by Gasteiger charge is -1.95. The van der Waals surface area contributed by atoms with Crippen LogP contribution in [-0.2, 0) is 19.1 Å². The molecule has 1 aliphatic rings. The summed E-state index contributed by atoms with van der Waals surface area (Å²) < 4.78 is 8.92. The molecule has 0 unspecified atom stereocenters. The number of hydrogen-bond donors (Lipinski definition) is 0. The average molecular weight is 142 g/mol. The Hall–Kier alpha value is -1.32. The van der Waals surface area contributed by atoms with Crippen molar-refractivity contribution >= 4 is 12.4 Å². The number of cyclic esters (lactones) is 1. The first-order chi connectivity index (χ1) is 4.83. The fraction of sp³-hybridized carbons (Fsp3) is 0.333. The Balaban J connectivity index is 2.35. The third-order valence-electron chi connectivity index (χ3n) is 1.06. The van der Waals surface area contributed by atoms with Crippen molar-refractivity contribution in [2.24, 2.45) is 0 Å². The monoisotopic (exact) mass is 142 g/mol. The van der Waals surface area contributed by atoms with Crippen LogP contribution in [0.5, 0.6) is 0 Å². The van der Waals surface area contributed by atoms with Gasteiger partial charge in [-0.05, 0) is 0 Å². The summed E-state index contributed by atoms with van der Waals surface area (Å²) in [7, 11) is 0. The number of rotatable bonds is 3. The molecule has 0 radical (unpaired) electrons. The molecule has 0 bridgehead atoms. The van der Waals surface area contributed by atoms with Gasteiger partial charge in [0.1, 0.15) is 13.2 Å². The van der Waals surface area contributed by atoms with Gasteiger partial charge in [-0.2, -0.15) is 0 Å². The van der Waals surface area contributed by atoms with Gasteiger partial charge in [0, 0.05) is 11.6 Å². The van der Waals surface area contributed by atoms with Gasteiger partial charge >= 0.3 is 5.97 Å². The van der Waals surface area contributed by atoms with E-state index in [1.54, 1.807) is 0 Å². The minimum absolute atomic E-state index is 0.148. The molecule has 10 heavy (non-hydrogen) atoms. The molecule has 0 saturated heterocycles. The predicted molar refractivity (Wildman–Crippen MR) is 31.1 cm³/mol. The van der Waals surface area contributed by atoms with Crippen molar-refractivity contribution < 1.29 is 19.1 Å². The fourth-order valence-corrected chi connectivity index (χ4v) is 0.638. The van der Waals surface area contributed by atoms with E-state index in [1.807, 2.05) is 0 Å². The predicted octanol–water partition coefficient (Wildman–Crippen LogP) is -0.357. The molecule has 0 aliphatic carbocycles. The van der Waals surface area contributed by atoms with E-state index in [2.05, 4.69) is 9.47 Å². The molecule has 54 valence electrons. The Labute approximate surface area is 57.4 Å². The van der Waals surface area contributed by atoms with Crippen LogP contribution in [0.3, 0.4) is 0 Å². The van der Waals surface area contributed by atoms with Crippen LogP contribution < -0.4 is 0 Å². The van der Waals surface area contributed by atoms with E-state index in [9.17, 15) is 9.59 Å². The van der Waals surface area contributed by atoms with Crippen LogP contribution in [0.4, 0.5) is 0 Å². The third-order valence-corrected chi connectivity index (χ3v) is 1.06. The van der Waals surface area contributed by atoms with E-state index in [-0.39, 0.29) is 19.2 Å². The van der Waals surface area contributed by atoms with Gasteiger partial charge in [0.05, 0.1) is 0 Å². The van der Waals surface area contributed by atoms with Crippen molar-refractivity contribution in [3.63, 3.8) is 0 Å². The SMILES string of the molecule is O=COCC1=CC(=O)OC1. The molecule has 0 fully saturated rings. The van der Waals surface area contributed by atoms with Crippen molar-refractivity contribution in [2.75, 3.05) is 13.2 Å². The zero-order valence-corrected chi connectivity index (χ0v) is 5.20. The van der Waals surface area contributed by atoms with Gasteiger partial charge in [-0.25, -0.2) is 4.79 Å². The highest BCUT2D eigenvalue weighted by Gasteiger charge is 2.12. The number of esters is 1. The lowest BCUT2D eigenvalue weighted by atomic mass is 10.3. The maximum atomic E-state index is 10.4. The molecular formula is C6H6O4. The highest BCUT2D eigenvalue weighted by atomic mass is 16.5. The first-order valence-electron chi connectivity index (χ1n) is 2.74. The van der Waals surface area contributed by atoms with Crippen LogP contribution in [0.2, 0.25) is 0 Å². The van der Waals surface area contributed by atoms with Gasteiger partial charge in [0.15, 0.2) is 0 Å². The van der Waals surface area contributed by atoms with E-state index in [0.29, 0.717) is 12.0 Å². The highest BCUT2D eigenvalue weighted by molar-refractivity contribution is 5.85. The number of hydrogen-bond acceptors (Lipinski definition) is 4. The molecular weight excluding hydrogens is 136 g/mol. The summed E-state index contributed by atoms with van der Waals surface area (Å²) in [5, 5.41) is 0. The molecule has 0 amide bonds. The molecule has 4 heteroatoms. The van der Waals surface area contributed by atoms with Crippen LogP contribution in [-0.4, -0.2) is 25.7 Å². The van der Waals surface area contributed by atoms with E-state index >= 15 is 0 Å². The number of ether oxygens (including phenoxy) is 2. The van der Waals surface area contributed by atoms with E-state index in [4.69, 9.17) is 0 Å². The summed E-state index contributed by atoms with van der Waals surface area (Å²) in [5.41, 5.74) is 0.692. The molecule has 0 saturated carbocycles. The maximum absolute atomic E-state index is 10.4. The van der Waals surface area contributed by atoms with Crippen molar-refractivity contribution in [3.05, 3.63) is 11.6 Å². The Bertz CT molecular complexity index is 182. The summed E-state index contributed by atoms with van der Waals surface area (Å²) in [6.07, 6.45) is 1.32.